The molecule has 1 aromatic rings. The molecular weight excluding hydrogens is 242 g/mol. The van der Waals surface area contributed by atoms with Crippen LogP contribution in [0, 0.1) is 5.92 Å². The van der Waals surface area contributed by atoms with Gasteiger partial charge in [-0.2, -0.15) is 0 Å². The van der Waals surface area contributed by atoms with E-state index < -0.39 is 5.97 Å². The topological polar surface area (TPSA) is 72.5 Å². The lowest BCUT2D eigenvalue weighted by atomic mass is 9.85. The minimum Gasteiger partial charge on any atom is -0.489 e. The molecule has 104 valence electrons. The van der Waals surface area contributed by atoms with Gasteiger partial charge < -0.3 is 15.6 Å². The van der Waals surface area contributed by atoms with Crippen molar-refractivity contribution in [3.63, 3.8) is 0 Å². The number of hydrogen-bond donors (Lipinski definition) is 2. The number of carboxylic acids is 1. The lowest BCUT2D eigenvalue weighted by Crippen LogP contribution is -2.26. The van der Waals surface area contributed by atoms with E-state index in [-0.39, 0.29) is 17.4 Å². The van der Waals surface area contributed by atoms with E-state index in [0.29, 0.717) is 11.7 Å². The zero-order chi connectivity index (χ0) is 13.8. The Bertz CT molecular complexity index is 459. The molecule has 1 aliphatic carbocycles. The third kappa shape index (κ3) is 3.19. The Morgan fingerprint density at radius 1 is 1.47 bits per heavy atom. The van der Waals surface area contributed by atoms with Gasteiger partial charge in [-0.1, -0.05) is 25.8 Å². The second kappa shape index (κ2) is 5.95. The normalized spacial score (nSPS) is 23.0. The van der Waals surface area contributed by atoms with E-state index in [4.69, 9.17) is 10.5 Å². The second-order valence-electron chi connectivity index (χ2n) is 5.21. The van der Waals surface area contributed by atoms with Crippen LogP contribution in [-0.4, -0.2) is 17.2 Å². The highest BCUT2D eigenvalue weighted by molar-refractivity contribution is 5.96. The summed E-state index contributed by atoms with van der Waals surface area (Å²) < 4.78 is 5.90. The van der Waals surface area contributed by atoms with E-state index in [1.54, 1.807) is 18.2 Å². The summed E-state index contributed by atoms with van der Waals surface area (Å²) in [5.41, 5.74) is 6.06. The number of hydrogen-bond acceptors (Lipinski definition) is 3. The van der Waals surface area contributed by atoms with E-state index in [1.165, 1.54) is 6.42 Å². The lowest BCUT2D eigenvalue weighted by Gasteiger charge is -2.29. The average molecular weight is 263 g/mol. The van der Waals surface area contributed by atoms with Crippen LogP contribution < -0.4 is 10.5 Å². The summed E-state index contributed by atoms with van der Waals surface area (Å²) >= 11 is 0. The molecule has 0 heterocycles. The molecule has 1 fully saturated rings. The summed E-state index contributed by atoms with van der Waals surface area (Å²) in [5.74, 6) is 0.0540. The fraction of sp³-hybridized carbons (Fsp3) is 0.533. The van der Waals surface area contributed by atoms with Crippen molar-refractivity contribution in [2.75, 3.05) is 5.73 Å². The number of carboxylic acid groups (broad SMARTS) is 1. The molecule has 0 bridgehead atoms. The van der Waals surface area contributed by atoms with E-state index in [0.717, 1.165) is 25.7 Å². The number of nitrogen functional groups attached to an aromatic ring is 1. The molecule has 1 aliphatic rings. The molecule has 1 saturated carbocycles. The summed E-state index contributed by atoms with van der Waals surface area (Å²) in [4.78, 5) is 11.2. The number of aromatic carboxylic acids is 1. The summed E-state index contributed by atoms with van der Waals surface area (Å²) in [6.07, 6.45) is 5.66. The van der Waals surface area contributed by atoms with Crippen molar-refractivity contribution in [2.24, 2.45) is 5.92 Å². The van der Waals surface area contributed by atoms with Crippen LogP contribution in [0.15, 0.2) is 18.2 Å². The van der Waals surface area contributed by atoms with E-state index in [2.05, 4.69) is 6.92 Å². The maximum atomic E-state index is 11.2. The van der Waals surface area contributed by atoms with Crippen LogP contribution in [0.2, 0.25) is 0 Å². The molecule has 19 heavy (non-hydrogen) atoms. The van der Waals surface area contributed by atoms with Crippen LogP contribution in [0.4, 0.5) is 5.69 Å². The largest absolute Gasteiger partial charge is 0.489 e. The maximum Gasteiger partial charge on any atom is 0.341 e. The summed E-state index contributed by atoms with van der Waals surface area (Å²) in [6.45, 7) is 2.19. The molecule has 0 spiro atoms. The van der Waals surface area contributed by atoms with Crippen molar-refractivity contribution >= 4 is 11.7 Å². The van der Waals surface area contributed by atoms with Gasteiger partial charge in [0.05, 0.1) is 6.10 Å². The number of nitrogens with two attached hydrogens (primary N) is 1. The van der Waals surface area contributed by atoms with Crippen molar-refractivity contribution < 1.29 is 14.6 Å². The Morgan fingerprint density at radius 2 is 2.26 bits per heavy atom. The Hall–Kier alpha value is -1.71. The van der Waals surface area contributed by atoms with Crippen molar-refractivity contribution in [1.82, 2.24) is 0 Å². The van der Waals surface area contributed by atoms with Gasteiger partial charge >= 0.3 is 5.97 Å². The highest BCUT2D eigenvalue weighted by atomic mass is 16.5. The van der Waals surface area contributed by atoms with Crippen molar-refractivity contribution in [3.05, 3.63) is 23.8 Å². The zero-order valence-electron chi connectivity index (χ0n) is 11.3. The molecule has 0 aliphatic heterocycles. The predicted octanol–water partition coefficient (Wildman–Crippen LogP) is 3.31. The molecule has 1 aromatic carbocycles. The predicted molar refractivity (Wildman–Crippen MR) is 74.5 cm³/mol. The van der Waals surface area contributed by atoms with Gasteiger partial charge in [0.1, 0.15) is 11.3 Å². The molecular formula is C15H21NO3. The van der Waals surface area contributed by atoms with Crippen LogP contribution in [0.25, 0.3) is 0 Å². The van der Waals surface area contributed by atoms with Crippen LogP contribution in [0.3, 0.4) is 0 Å². The van der Waals surface area contributed by atoms with Gasteiger partial charge in [0.2, 0.25) is 0 Å². The number of carbonyl (C=O) groups is 1. The highest BCUT2D eigenvalue weighted by Gasteiger charge is 2.24. The standard InChI is InChI=1S/C15H21NO3/c1-2-10-5-3-6-11(9-10)19-13-8-4-7-12(16)14(13)15(17)18/h4,7-8,10-11H,2-3,5-6,9,16H2,1H3,(H,17,18). The van der Waals surface area contributed by atoms with Crippen molar-refractivity contribution in [2.45, 2.75) is 45.1 Å². The van der Waals surface area contributed by atoms with Gasteiger partial charge in [-0.05, 0) is 37.3 Å². The molecule has 2 rings (SSSR count). The van der Waals surface area contributed by atoms with Gasteiger partial charge in [0.25, 0.3) is 0 Å². The monoisotopic (exact) mass is 263 g/mol. The molecule has 0 aromatic heterocycles. The van der Waals surface area contributed by atoms with Gasteiger partial charge in [0, 0.05) is 5.69 Å². The van der Waals surface area contributed by atoms with Crippen LogP contribution >= 0.6 is 0 Å². The van der Waals surface area contributed by atoms with Crippen LogP contribution in [0.5, 0.6) is 5.75 Å². The summed E-state index contributed by atoms with van der Waals surface area (Å²) in [7, 11) is 0. The average Bonchev–Trinajstić information content (AvgIpc) is 2.38. The quantitative estimate of drug-likeness (QED) is 0.817. The maximum absolute atomic E-state index is 11.2. The van der Waals surface area contributed by atoms with Gasteiger partial charge in [0.15, 0.2) is 0 Å². The molecule has 3 N–H and O–H groups in total. The van der Waals surface area contributed by atoms with Gasteiger partial charge in [-0.25, -0.2) is 4.79 Å². The first-order chi connectivity index (χ1) is 9.11. The second-order valence-corrected chi connectivity index (χ2v) is 5.21. The van der Waals surface area contributed by atoms with Gasteiger partial charge in [-0.3, -0.25) is 0 Å². The molecule has 0 amide bonds. The number of rotatable bonds is 4. The minimum atomic E-state index is -1.03. The summed E-state index contributed by atoms with van der Waals surface area (Å²) in [5, 5.41) is 9.21. The lowest BCUT2D eigenvalue weighted by molar-refractivity contribution is 0.0683. The van der Waals surface area contributed by atoms with Gasteiger partial charge in [-0.15, -0.1) is 0 Å². The molecule has 2 unspecified atom stereocenters. The van der Waals surface area contributed by atoms with E-state index >= 15 is 0 Å². The minimum absolute atomic E-state index is 0.0844. The van der Waals surface area contributed by atoms with Crippen LogP contribution in [0.1, 0.15) is 49.4 Å². The SMILES string of the molecule is CCC1CCCC(Oc2cccc(N)c2C(=O)O)C1. The number of benzene rings is 1. The fourth-order valence-electron chi connectivity index (χ4n) is 2.77. The molecule has 4 heteroatoms. The zero-order valence-corrected chi connectivity index (χ0v) is 11.3. The Kier molecular flexibility index (Phi) is 4.30. The van der Waals surface area contributed by atoms with Crippen molar-refractivity contribution in [3.8, 4) is 5.75 Å². The van der Waals surface area contributed by atoms with E-state index in [1.807, 2.05) is 0 Å². The van der Waals surface area contributed by atoms with E-state index in [9.17, 15) is 9.90 Å². The Labute approximate surface area is 113 Å². The molecule has 0 saturated heterocycles. The highest BCUT2D eigenvalue weighted by Crippen LogP contribution is 2.32. The number of ether oxygens (including phenoxy) is 1. The third-order valence-electron chi connectivity index (χ3n) is 3.88. The Balaban J connectivity index is 2.14. The molecule has 4 nitrogen and oxygen atoms in total. The summed E-state index contributed by atoms with van der Waals surface area (Å²) in [6, 6.07) is 5.01. The molecule has 2 atom stereocenters. The third-order valence-corrected chi connectivity index (χ3v) is 3.88. The molecule has 0 radical (unpaired) electrons. The number of anilines is 1. The van der Waals surface area contributed by atoms with Crippen LogP contribution in [-0.2, 0) is 0 Å². The first-order valence-electron chi connectivity index (χ1n) is 6.90. The first kappa shape index (κ1) is 13.7. The van der Waals surface area contributed by atoms with Crippen molar-refractivity contribution in [1.29, 1.82) is 0 Å². The Morgan fingerprint density at radius 3 is 2.95 bits per heavy atom. The first-order valence-corrected chi connectivity index (χ1v) is 6.90. The fourth-order valence-corrected chi connectivity index (χ4v) is 2.77. The smallest absolute Gasteiger partial charge is 0.341 e.